The SMILES string of the molecule is [2H]c1c([2H])c([2H])c(C2(c3c([2H])c([2H])c([2H])c([2H])c3[2H])c3ccccc3-c3cccc(-c4cc5c6c(c4)N(c4cc(C(C)(C)C)cc(C(C)(C)C)c4)c4ccccc4B6c4cc6c(cc4O5)N(c4cc(C(C)(C)C)cc(C(C)(C)C)c4)c4cc(-c5cccc(C(C)(C)C)c5)cc5c4B6c4ccccc4N5c4c(-c5ccccc5)cc(C(C)(C)C)cc4-c4ccccc4)c32)c([2H])c1[2H]. The van der Waals surface area contributed by atoms with Gasteiger partial charge in [0.1, 0.15) is 11.5 Å². The Morgan fingerprint density at radius 2 is 0.694 bits per heavy atom. The average molecular weight is 1580 g/mol. The van der Waals surface area contributed by atoms with Gasteiger partial charge in [0.25, 0.3) is 13.4 Å². The molecule has 0 spiro atoms. The standard InChI is InChI=1S/C115H107B2N3O/c1-109(2,3)79-48-37-43-74(57-79)75-58-100-106-101(59-75)120(108-90(72-39-23-19-24-40-72)68-84(114(16,17)18)69-91(108)73-41-25-20-26-42-73)98-56-36-34-54-94(98)116(106)95-70-96-103(71-99(95)119(100)86-66-82(112(10,11)12)63-83(67-86)113(13,14)15)121-104-61-76(60-102-107(104)117(96)93-53-33-35-55-97(93)118(102)85-64-80(110(4,5)6)62-81(65-85)111(7,8)9)87-50-38-51-89-88-49-31-32-52-92(88)115(105(87)89,77-44-27-21-28-45-77)78-46-29-22-30-47-78/h19-71H,1-18H3/i21D,22D,27D,28D,29D,30D,44D,45D,46D,47D. The largest absolute Gasteiger partial charge is 0.458 e. The highest BCUT2D eigenvalue weighted by Crippen LogP contribution is 2.61. The van der Waals surface area contributed by atoms with Gasteiger partial charge < -0.3 is 19.4 Å². The Morgan fingerprint density at radius 3 is 1.23 bits per heavy atom. The maximum Gasteiger partial charge on any atom is 0.256 e. The van der Waals surface area contributed by atoms with Crippen molar-refractivity contribution in [3.05, 3.63) is 377 Å². The summed E-state index contributed by atoms with van der Waals surface area (Å²) in [5.74, 6) is 1.17. The quantitative estimate of drug-likeness (QED) is 0.134. The van der Waals surface area contributed by atoms with Gasteiger partial charge in [-0.3, -0.25) is 0 Å². The molecular formula is C115H107B2N3O. The smallest absolute Gasteiger partial charge is 0.256 e. The molecule has 121 heavy (non-hydrogen) atoms. The summed E-state index contributed by atoms with van der Waals surface area (Å²) in [6.07, 6.45) is 0. The Bertz CT molecular complexity index is 7110. The van der Waals surface area contributed by atoms with Crippen LogP contribution < -0.4 is 52.2 Å². The van der Waals surface area contributed by atoms with Gasteiger partial charge in [0.05, 0.1) is 24.8 Å². The van der Waals surface area contributed by atoms with Crippen LogP contribution in [-0.2, 0) is 37.9 Å². The zero-order valence-corrected chi connectivity index (χ0v) is 72.7. The summed E-state index contributed by atoms with van der Waals surface area (Å²) in [5.41, 5.74) is 27.4. The number of nitrogens with zero attached hydrogens (tertiary/aromatic N) is 3. The predicted octanol–water partition coefficient (Wildman–Crippen LogP) is 27.0. The van der Waals surface area contributed by atoms with Crippen LogP contribution in [0.1, 0.15) is 194 Å². The fourth-order valence-electron chi connectivity index (χ4n) is 19.7. The summed E-state index contributed by atoms with van der Waals surface area (Å²) in [4.78, 5) is 7.58. The van der Waals surface area contributed by atoms with E-state index in [-0.39, 0.29) is 43.6 Å². The number of rotatable bonds is 9. The Hall–Kier alpha value is -12.4. The molecule has 0 N–H and O–H groups in total. The number of anilines is 9. The van der Waals surface area contributed by atoms with Gasteiger partial charge in [0.15, 0.2) is 0 Å². The predicted molar refractivity (Wildman–Crippen MR) is 518 cm³/mol. The molecule has 0 aromatic heterocycles. The van der Waals surface area contributed by atoms with Crippen molar-refractivity contribution in [2.45, 2.75) is 163 Å². The average Bonchev–Trinajstić information content (AvgIpc) is 1.60. The van der Waals surface area contributed by atoms with E-state index in [0.29, 0.717) is 44.9 Å². The van der Waals surface area contributed by atoms with Gasteiger partial charge in [-0.1, -0.05) is 367 Å². The van der Waals surface area contributed by atoms with Crippen LogP contribution in [0.25, 0.3) is 55.6 Å². The molecule has 4 nitrogen and oxygen atoms in total. The Kier molecular flexibility index (Phi) is 15.3. The second kappa shape index (κ2) is 27.8. The van der Waals surface area contributed by atoms with Crippen molar-refractivity contribution in [3.8, 4) is 67.1 Å². The minimum Gasteiger partial charge on any atom is -0.458 e. The molecule has 15 aromatic rings. The lowest BCUT2D eigenvalue weighted by molar-refractivity contribution is 0.488. The van der Waals surface area contributed by atoms with Crippen LogP contribution in [0.4, 0.5) is 51.2 Å². The Balaban J connectivity index is 0.931. The van der Waals surface area contributed by atoms with Crippen LogP contribution in [-0.4, -0.2) is 13.4 Å². The molecule has 0 saturated heterocycles. The van der Waals surface area contributed by atoms with Crippen molar-refractivity contribution < 1.29 is 18.4 Å². The van der Waals surface area contributed by atoms with E-state index < -0.39 is 79.3 Å². The topological polar surface area (TPSA) is 19.0 Å². The molecule has 0 fully saturated rings. The minimum absolute atomic E-state index is 0.191. The van der Waals surface area contributed by atoms with Crippen molar-refractivity contribution in [1.82, 2.24) is 0 Å². The third-order valence-corrected chi connectivity index (χ3v) is 26.1. The molecule has 15 aromatic carbocycles. The fourth-order valence-corrected chi connectivity index (χ4v) is 19.7. The normalized spacial score (nSPS) is 15.4. The van der Waals surface area contributed by atoms with Crippen LogP contribution in [0, 0.1) is 0 Å². The number of fused-ring (bicyclic) bond motifs is 11. The molecule has 594 valence electrons. The number of para-hydroxylation sites is 2. The molecule has 0 atom stereocenters. The maximum atomic E-state index is 10.2. The van der Waals surface area contributed by atoms with Crippen LogP contribution in [0.2, 0.25) is 0 Å². The van der Waals surface area contributed by atoms with Crippen molar-refractivity contribution >= 4 is 97.4 Å². The fraction of sp³-hybridized carbons (Fsp3) is 0.217. The number of hydrogen-bond donors (Lipinski definition) is 0. The molecule has 0 bridgehead atoms. The second-order valence-corrected chi connectivity index (χ2v) is 40.2. The molecule has 20 rings (SSSR count). The molecule has 5 aliphatic rings. The summed E-state index contributed by atoms with van der Waals surface area (Å²) in [6, 6.07) is 89.4. The van der Waals surface area contributed by atoms with E-state index >= 15 is 0 Å². The first-order valence-corrected chi connectivity index (χ1v) is 42.9. The van der Waals surface area contributed by atoms with E-state index in [1.807, 2.05) is 36.4 Å². The number of benzene rings is 15. The van der Waals surface area contributed by atoms with E-state index in [0.717, 1.165) is 128 Å². The van der Waals surface area contributed by atoms with Gasteiger partial charge in [-0.25, -0.2) is 0 Å². The van der Waals surface area contributed by atoms with Crippen molar-refractivity contribution in [1.29, 1.82) is 0 Å². The van der Waals surface area contributed by atoms with Gasteiger partial charge in [0.2, 0.25) is 0 Å². The molecule has 6 heteroatoms. The monoisotopic (exact) mass is 1580 g/mol. The van der Waals surface area contributed by atoms with Gasteiger partial charge in [-0.05, 0) is 238 Å². The highest BCUT2D eigenvalue weighted by Gasteiger charge is 2.52. The first-order valence-electron chi connectivity index (χ1n) is 47.9. The number of ether oxygens (including phenoxy) is 1. The summed E-state index contributed by atoms with van der Waals surface area (Å²) in [6.45, 7) is 40.3. The van der Waals surface area contributed by atoms with E-state index in [1.165, 1.54) is 22.3 Å². The Labute approximate surface area is 732 Å². The van der Waals surface area contributed by atoms with E-state index in [1.54, 1.807) is 6.07 Å². The van der Waals surface area contributed by atoms with Gasteiger partial charge in [-0.15, -0.1) is 0 Å². The molecule has 1 aliphatic carbocycles. The van der Waals surface area contributed by atoms with Crippen molar-refractivity contribution in [2.24, 2.45) is 0 Å². The zero-order valence-electron chi connectivity index (χ0n) is 82.7. The Morgan fingerprint density at radius 1 is 0.273 bits per heavy atom. The highest BCUT2D eigenvalue weighted by atomic mass is 16.5. The lowest BCUT2D eigenvalue weighted by Gasteiger charge is -2.46. The third kappa shape index (κ3) is 12.6. The van der Waals surface area contributed by atoms with Crippen molar-refractivity contribution in [2.75, 3.05) is 14.7 Å². The van der Waals surface area contributed by atoms with Gasteiger partial charge in [-0.2, -0.15) is 0 Å². The summed E-state index contributed by atoms with van der Waals surface area (Å²) in [7, 11) is 0. The molecule has 4 aliphatic heterocycles. The molecule has 4 heterocycles. The van der Waals surface area contributed by atoms with E-state index in [4.69, 9.17) is 7.48 Å². The van der Waals surface area contributed by atoms with Crippen LogP contribution in [0.3, 0.4) is 0 Å². The second-order valence-electron chi connectivity index (χ2n) is 40.2. The molecule has 0 amide bonds. The first-order chi connectivity index (χ1) is 61.9. The molecule has 0 unspecified atom stereocenters. The maximum absolute atomic E-state index is 10.2. The first kappa shape index (κ1) is 66.4. The summed E-state index contributed by atoms with van der Waals surface area (Å²) < 4.78 is 105. The van der Waals surface area contributed by atoms with Crippen LogP contribution in [0.5, 0.6) is 11.5 Å². The van der Waals surface area contributed by atoms with Crippen LogP contribution >= 0.6 is 0 Å². The highest BCUT2D eigenvalue weighted by molar-refractivity contribution is 7.02. The number of hydrogen-bond acceptors (Lipinski definition) is 4. The molecule has 0 saturated carbocycles. The lowest BCUT2D eigenvalue weighted by Crippen LogP contribution is -2.64. The van der Waals surface area contributed by atoms with Gasteiger partial charge in [0, 0.05) is 62.7 Å². The summed E-state index contributed by atoms with van der Waals surface area (Å²) >= 11 is 0. The summed E-state index contributed by atoms with van der Waals surface area (Å²) in [5, 5.41) is 0. The van der Waals surface area contributed by atoms with E-state index in [9.17, 15) is 11.0 Å². The van der Waals surface area contributed by atoms with E-state index in [2.05, 4.69) is 358 Å². The van der Waals surface area contributed by atoms with Crippen LogP contribution in [0.15, 0.2) is 321 Å². The van der Waals surface area contributed by atoms with Gasteiger partial charge >= 0.3 is 0 Å². The third-order valence-electron chi connectivity index (χ3n) is 26.1. The zero-order chi connectivity index (χ0) is 92.6. The molecule has 0 radical (unpaired) electrons. The minimum atomic E-state index is -2.17. The van der Waals surface area contributed by atoms with Crippen molar-refractivity contribution in [3.63, 3.8) is 0 Å². The molecular weight excluding hydrogens is 1460 g/mol. The lowest BCUT2D eigenvalue weighted by atomic mass is 9.30.